The summed E-state index contributed by atoms with van der Waals surface area (Å²) in [5.41, 5.74) is 4.58. The van der Waals surface area contributed by atoms with Crippen molar-refractivity contribution in [3.63, 3.8) is 0 Å². The number of hydrogen-bond donors (Lipinski definition) is 1. The SMILES string of the molecule is CC1CCC(c2ccc(-c3ccc(F)c(F)c3)cc2)CC1CNF. The zero-order chi connectivity index (χ0) is 17.1. The molecule has 3 atom stereocenters. The van der Waals surface area contributed by atoms with E-state index in [1.54, 1.807) is 6.07 Å². The molecule has 1 nitrogen and oxygen atoms in total. The van der Waals surface area contributed by atoms with E-state index in [1.165, 1.54) is 11.6 Å². The van der Waals surface area contributed by atoms with Gasteiger partial charge < -0.3 is 0 Å². The summed E-state index contributed by atoms with van der Waals surface area (Å²) in [6, 6.07) is 11.9. The topological polar surface area (TPSA) is 12.0 Å². The zero-order valence-corrected chi connectivity index (χ0v) is 13.7. The van der Waals surface area contributed by atoms with Gasteiger partial charge in [-0.1, -0.05) is 37.3 Å². The summed E-state index contributed by atoms with van der Waals surface area (Å²) in [5, 5.41) is 0. The summed E-state index contributed by atoms with van der Waals surface area (Å²) in [6.45, 7) is 2.59. The van der Waals surface area contributed by atoms with Crippen LogP contribution in [0.1, 0.15) is 37.7 Å². The van der Waals surface area contributed by atoms with E-state index >= 15 is 0 Å². The Morgan fingerprint density at radius 3 is 2.33 bits per heavy atom. The highest BCUT2D eigenvalue weighted by Crippen LogP contribution is 2.39. The molecule has 1 fully saturated rings. The van der Waals surface area contributed by atoms with Crippen molar-refractivity contribution >= 4 is 0 Å². The minimum absolute atomic E-state index is 0.347. The monoisotopic (exact) mass is 333 g/mol. The quantitative estimate of drug-likeness (QED) is 0.716. The lowest BCUT2D eigenvalue weighted by atomic mass is 9.72. The van der Waals surface area contributed by atoms with Gasteiger partial charge in [0.05, 0.1) is 0 Å². The predicted octanol–water partition coefficient (Wildman–Crippen LogP) is 5.63. The fourth-order valence-electron chi connectivity index (χ4n) is 3.73. The maximum Gasteiger partial charge on any atom is 0.159 e. The maximum absolute atomic E-state index is 13.4. The van der Waals surface area contributed by atoms with Gasteiger partial charge in [-0.05, 0) is 65.8 Å². The molecule has 0 aromatic heterocycles. The highest BCUT2D eigenvalue weighted by Gasteiger charge is 2.28. The van der Waals surface area contributed by atoms with Gasteiger partial charge in [-0.2, -0.15) is 5.54 Å². The molecule has 0 saturated heterocycles. The molecular formula is C20H22F3N. The van der Waals surface area contributed by atoms with Crippen molar-refractivity contribution in [2.75, 3.05) is 6.54 Å². The smallest absolute Gasteiger partial charge is 0.159 e. The molecule has 2 aromatic rings. The first-order chi connectivity index (χ1) is 11.6. The van der Waals surface area contributed by atoms with Crippen LogP contribution in [0.5, 0.6) is 0 Å². The number of halogens is 3. The standard InChI is InChI=1S/C20H22F3N/c1-13-2-3-16(10-18(13)12-24-23)14-4-6-15(7-5-14)17-8-9-19(21)20(22)11-17/h4-9,11,13,16,18,24H,2-3,10,12H2,1H3. The first-order valence-electron chi connectivity index (χ1n) is 8.47. The van der Waals surface area contributed by atoms with Crippen molar-refractivity contribution in [3.05, 3.63) is 59.7 Å². The van der Waals surface area contributed by atoms with Crippen molar-refractivity contribution in [1.82, 2.24) is 5.54 Å². The number of benzene rings is 2. The van der Waals surface area contributed by atoms with Crippen LogP contribution in [0.25, 0.3) is 11.1 Å². The van der Waals surface area contributed by atoms with E-state index in [4.69, 9.17) is 0 Å². The van der Waals surface area contributed by atoms with Crippen LogP contribution in [-0.2, 0) is 0 Å². The fourth-order valence-corrected chi connectivity index (χ4v) is 3.73. The molecular weight excluding hydrogens is 311 g/mol. The Morgan fingerprint density at radius 2 is 1.67 bits per heavy atom. The molecule has 0 radical (unpaired) electrons. The van der Waals surface area contributed by atoms with Gasteiger partial charge >= 0.3 is 0 Å². The second kappa shape index (κ2) is 7.39. The van der Waals surface area contributed by atoms with Gasteiger partial charge in [0.25, 0.3) is 0 Å². The Balaban J connectivity index is 1.75. The molecule has 1 N–H and O–H groups in total. The first kappa shape index (κ1) is 17.0. The second-order valence-corrected chi connectivity index (χ2v) is 6.84. The summed E-state index contributed by atoms with van der Waals surface area (Å²) in [4.78, 5) is 0. The molecule has 1 aliphatic rings. The summed E-state index contributed by atoms with van der Waals surface area (Å²) in [6.07, 6.45) is 3.18. The molecule has 0 bridgehead atoms. The van der Waals surface area contributed by atoms with Gasteiger partial charge in [-0.15, -0.1) is 4.48 Å². The number of nitrogens with one attached hydrogen (secondary N) is 1. The van der Waals surface area contributed by atoms with Gasteiger partial charge in [0, 0.05) is 6.54 Å². The van der Waals surface area contributed by atoms with Crippen LogP contribution >= 0.6 is 0 Å². The van der Waals surface area contributed by atoms with Gasteiger partial charge in [-0.25, -0.2) is 8.78 Å². The fraction of sp³-hybridized carbons (Fsp3) is 0.400. The molecule has 0 amide bonds. The third-order valence-corrected chi connectivity index (χ3v) is 5.34. The average molecular weight is 333 g/mol. The van der Waals surface area contributed by atoms with E-state index in [0.29, 0.717) is 29.9 Å². The molecule has 0 heterocycles. The Labute approximate surface area is 140 Å². The minimum atomic E-state index is -0.834. The molecule has 0 spiro atoms. The van der Waals surface area contributed by atoms with Gasteiger partial charge in [0.1, 0.15) is 0 Å². The summed E-state index contributed by atoms with van der Waals surface area (Å²) >= 11 is 0. The van der Waals surface area contributed by atoms with Crippen molar-refractivity contribution in [1.29, 1.82) is 0 Å². The predicted molar refractivity (Wildman–Crippen MR) is 90.2 cm³/mol. The number of hydrogen-bond acceptors (Lipinski definition) is 1. The van der Waals surface area contributed by atoms with E-state index in [2.05, 4.69) is 19.1 Å². The third-order valence-electron chi connectivity index (χ3n) is 5.34. The summed E-state index contributed by atoms with van der Waals surface area (Å²) in [5.74, 6) is -0.359. The Kier molecular flexibility index (Phi) is 5.24. The molecule has 3 unspecified atom stereocenters. The van der Waals surface area contributed by atoms with Gasteiger partial charge in [0.15, 0.2) is 11.6 Å². The molecule has 128 valence electrons. The lowest BCUT2D eigenvalue weighted by Crippen LogP contribution is -2.28. The van der Waals surface area contributed by atoms with E-state index in [9.17, 15) is 13.3 Å². The highest BCUT2D eigenvalue weighted by molar-refractivity contribution is 5.63. The van der Waals surface area contributed by atoms with E-state index in [0.717, 1.165) is 30.9 Å². The van der Waals surface area contributed by atoms with E-state index in [1.807, 2.05) is 17.7 Å². The van der Waals surface area contributed by atoms with Crippen molar-refractivity contribution in [3.8, 4) is 11.1 Å². The van der Waals surface area contributed by atoms with Crippen molar-refractivity contribution in [2.45, 2.75) is 32.1 Å². The Morgan fingerprint density at radius 1 is 0.958 bits per heavy atom. The Hall–Kier alpha value is -1.81. The minimum Gasteiger partial charge on any atom is -0.204 e. The largest absolute Gasteiger partial charge is 0.204 e. The summed E-state index contributed by atoms with van der Waals surface area (Å²) in [7, 11) is 0. The van der Waals surface area contributed by atoms with Crippen molar-refractivity contribution in [2.24, 2.45) is 11.8 Å². The highest BCUT2D eigenvalue weighted by atomic mass is 19.2. The van der Waals surface area contributed by atoms with Crippen LogP contribution in [0.2, 0.25) is 0 Å². The van der Waals surface area contributed by atoms with E-state index in [-0.39, 0.29) is 0 Å². The van der Waals surface area contributed by atoms with Crippen LogP contribution in [0.15, 0.2) is 42.5 Å². The molecule has 1 aliphatic carbocycles. The van der Waals surface area contributed by atoms with Gasteiger partial charge in [0.2, 0.25) is 0 Å². The zero-order valence-electron chi connectivity index (χ0n) is 13.7. The second-order valence-electron chi connectivity index (χ2n) is 6.84. The van der Waals surface area contributed by atoms with Crippen LogP contribution in [0.4, 0.5) is 13.3 Å². The van der Waals surface area contributed by atoms with Gasteiger partial charge in [-0.3, -0.25) is 0 Å². The van der Waals surface area contributed by atoms with Crippen LogP contribution in [0, 0.1) is 23.5 Å². The molecule has 1 saturated carbocycles. The molecule has 4 heteroatoms. The molecule has 24 heavy (non-hydrogen) atoms. The van der Waals surface area contributed by atoms with Crippen LogP contribution in [0.3, 0.4) is 0 Å². The molecule has 3 rings (SSSR count). The van der Waals surface area contributed by atoms with E-state index < -0.39 is 11.6 Å². The lowest BCUT2D eigenvalue weighted by molar-refractivity contribution is 0.186. The lowest BCUT2D eigenvalue weighted by Gasteiger charge is -2.34. The van der Waals surface area contributed by atoms with Crippen LogP contribution < -0.4 is 5.54 Å². The van der Waals surface area contributed by atoms with Crippen molar-refractivity contribution < 1.29 is 13.3 Å². The Bertz CT molecular complexity index is 684. The normalized spacial score (nSPS) is 24.1. The number of rotatable bonds is 4. The molecule has 0 aliphatic heterocycles. The van der Waals surface area contributed by atoms with Crippen LogP contribution in [-0.4, -0.2) is 6.54 Å². The maximum atomic E-state index is 13.4. The summed E-state index contributed by atoms with van der Waals surface area (Å²) < 4.78 is 38.9. The average Bonchev–Trinajstić information content (AvgIpc) is 2.60. The third kappa shape index (κ3) is 3.64. The molecule has 2 aromatic carbocycles. The first-order valence-corrected chi connectivity index (χ1v) is 8.47.